The van der Waals surface area contributed by atoms with Crippen molar-refractivity contribution in [3.8, 4) is 22.5 Å². The van der Waals surface area contributed by atoms with E-state index in [-0.39, 0.29) is 43.4 Å². The maximum Gasteiger partial charge on any atom is 1.00 e. The number of aromatic amines is 1. The number of anilines is 1. The minimum Gasteiger partial charge on any atom is -1.00 e. The third-order valence-electron chi connectivity index (χ3n) is 6.55. The molecule has 0 bridgehead atoms. The number of H-pyrrole nitrogens is 1. The summed E-state index contributed by atoms with van der Waals surface area (Å²) in [7, 11) is -4.90. The van der Waals surface area contributed by atoms with Gasteiger partial charge in [0.1, 0.15) is 6.17 Å². The fourth-order valence-corrected chi connectivity index (χ4v) is 5.15. The first kappa shape index (κ1) is 30.0. The number of hydrogen-bond donors (Lipinski definition) is 3. The Morgan fingerprint density at radius 2 is 1.88 bits per heavy atom. The normalized spacial score (nSPS) is 15.1. The molecule has 12 nitrogen and oxygen atoms in total. The Hall–Kier alpha value is -2.96. The molecule has 0 saturated carbocycles. The molecule has 2 aromatic heterocycles. The Kier molecular flexibility index (Phi) is 9.52. The SMILES string of the molecule is CCCCC1N(Cc2ccc(-c3ccncc3-c3nn[nH]n3)cc2)C(=O)c2cc(C)ccc2N1OP(=O)(O)O.[H-].[Na+]. The molecule has 1 unspecified atom stereocenters. The number of carbonyl (C=O) groups excluding carboxylic acids is 1. The molecule has 1 aliphatic heterocycles. The van der Waals surface area contributed by atoms with Gasteiger partial charge in [-0.05, 0) is 59.9 Å². The van der Waals surface area contributed by atoms with Gasteiger partial charge >= 0.3 is 37.4 Å². The first-order valence-corrected chi connectivity index (χ1v) is 14.0. The second-order valence-electron chi connectivity index (χ2n) is 9.33. The Morgan fingerprint density at radius 3 is 2.55 bits per heavy atom. The number of benzene rings is 2. The largest absolute Gasteiger partial charge is 1.00 e. The van der Waals surface area contributed by atoms with Crippen LogP contribution in [0.2, 0.25) is 0 Å². The number of fused-ring (bicyclic) bond motifs is 1. The fraction of sp³-hybridized carbons (Fsp3) is 0.269. The third-order valence-corrected chi connectivity index (χ3v) is 6.94. The van der Waals surface area contributed by atoms with Gasteiger partial charge in [-0.3, -0.25) is 9.78 Å². The second-order valence-corrected chi connectivity index (χ2v) is 10.5. The Bertz CT molecular complexity index is 1520. The van der Waals surface area contributed by atoms with Crippen LogP contribution in [0.5, 0.6) is 0 Å². The van der Waals surface area contributed by atoms with Crippen LogP contribution in [0, 0.1) is 6.92 Å². The van der Waals surface area contributed by atoms with E-state index in [4.69, 9.17) is 4.62 Å². The Balaban J connectivity index is 0.00000231. The molecule has 5 rings (SSSR count). The van der Waals surface area contributed by atoms with Crippen LogP contribution in [0.15, 0.2) is 60.9 Å². The maximum atomic E-state index is 13.7. The number of nitrogens with one attached hydrogen (secondary N) is 1. The molecular formula is C26H29N7NaO5P. The van der Waals surface area contributed by atoms with E-state index in [2.05, 4.69) is 25.6 Å². The number of aromatic nitrogens is 5. The summed E-state index contributed by atoms with van der Waals surface area (Å²) < 4.78 is 17.1. The third kappa shape index (κ3) is 6.50. The molecule has 0 fully saturated rings. The van der Waals surface area contributed by atoms with E-state index < -0.39 is 14.0 Å². The van der Waals surface area contributed by atoms with Crippen molar-refractivity contribution in [3.63, 3.8) is 0 Å². The summed E-state index contributed by atoms with van der Waals surface area (Å²) in [6, 6.07) is 14.7. The van der Waals surface area contributed by atoms with E-state index in [0.717, 1.165) is 40.7 Å². The summed E-state index contributed by atoms with van der Waals surface area (Å²) in [5.74, 6) is 0.205. The van der Waals surface area contributed by atoms with Crippen LogP contribution in [-0.2, 0) is 15.7 Å². The van der Waals surface area contributed by atoms with Crippen molar-refractivity contribution in [2.75, 3.05) is 5.06 Å². The van der Waals surface area contributed by atoms with Gasteiger partial charge in [0.05, 0.1) is 11.3 Å². The number of hydrogen-bond acceptors (Lipinski definition) is 8. The predicted molar refractivity (Wildman–Crippen MR) is 144 cm³/mol. The van der Waals surface area contributed by atoms with Gasteiger partial charge in [0.15, 0.2) is 0 Å². The summed E-state index contributed by atoms with van der Waals surface area (Å²) in [5.41, 5.74) is 4.87. The molecule has 0 saturated heterocycles. The summed E-state index contributed by atoms with van der Waals surface area (Å²) in [6.45, 7) is 4.09. The number of pyridine rings is 1. The molecule has 0 aliphatic carbocycles. The molecule has 1 amide bonds. The molecule has 4 aromatic rings. The van der Waals surface area contributed by atoms with Crippen molar-refractivity contribution >= 4 is 19.4 Å². The molecule has 3 N–H and O–H groups in total. The average Bonchev–Trinajstić information content (AvgIpc) is 3.46. The van der Waals surface area contributed by atoms with Crippen molar-refractivity contribution in [2.24, 2.45) is 0 Å². The van der Waals surface area contributed by atoms with Crippen LogP contribution < -0.4 is 34.6 Å². The summed E-state index contributed by atoms with van der Waals surface area (Å²) in [4.78, 5) is 38.9. The number of nitrogens with zero attached hydrogens (tertiary/aromatic N) is 6. The molecular weight excluding hydrogens is 544 g/mol. The number of tetrazole rings is 1. The number of unbranched alkanes of at least 4 members (excludes halogenated alkanes) is 1. The van der Waals surface area contributed by atoms with Crippen molar-refractivity contribution in [2.45, 2.75) is 45.8 Å². The van der Waals surface area contributed by atoms with Gasteiger partial charge in [-0.25, -0.2) is 9.63 Å². The number of aryl methyl sites for hydroxylation is 1. The van der Waals surface area contributed by atoms with Crippen molar-refractivity contribution in [1.82, 2.24) is 30.5 Å². The van der Waals surface area contributed by atoms with E-state index in [1.54, 1.807) is 35.5 Å². The molecule has 1 atom stereocenters. The van der Waals surface area contributed by atoms with Gasteiger partial charge in [0.25, 0.3) is 5.91 Å². The smallest absolute Gasteiger partial charge is 1.00 e. The number of amides is 1. The first-order valence-electron chi connectivity index (χ1n) is 12.5. The minimum absolute atomic E-state index is 0. The van der Waals surface area contributed by atoms with Crippen LogP contribution in [0.3, 0.4) is 0 Å². The van der Waals surface area contributed by atoms with Gasteiger partial charge in [0, 0.05) is 24.5 Å². The molecule has 40 heavy (non-hydrogen) atoms. The molecule has 0 radical (unpaired) electrons. The van der Waals surface area contributed by atoms with Crippen molar-refractivity contribution in [1.29, 1.82) is 0 Å². The number of phosphoric acid groups is 1. The zero-order valence-electron chi connectivity index (χ0n) is 23.4. The zero-order chi connectivity index (χ0) is 27.6. The van der Waals surface area contributed by atoms with E-state index in [1.165, 1.54) is 5.06 Å². The van der Waals surface area contributed by atoms with Crippen LogP contribution in [0.1, 0.15) is 49.1 Å². The summed E-state index contributed by atoms with van der Waals surface area (Å²) >= 11 is 0. The molecule has 0 spiro atoms. The topological polar surface area (TPSA) is 158 Å². The van der Waals surface area contributed by atoms with E-state index in [0.29, 0.717) is 23.5 Å². The summed E-state index contributed by atoms with van der Waals surface area (Å²) in [5, 5.41) is 15.4. The second kappa shape index (κ2) is 12.7. The van der Waals surface area contributed by atoms with Crippen LogP contribution >= 0.6 is 7.82 Å². The van der Waals surface area contributed by atoms with Gasteiger partial charge < -0.3 is 16.1 Å². The number of carbonyl (C=O) groups is 1. The quantitative estimate of drug-likeness (QED) is 0.197. The molecule has 14 heteroatoms. The summed E-state index contributed by atoms with van der Waals surface area (Å²) in [6.07, 6.45) is 4.70. The van der Waals surface area contributed by atoms with Gasteiger partial charge in [-0.1, -0.05) is 49.2 Å². The Labute approximate surface area is 254 Å². The van der Waals surface area contributed by atoms with E-state index in [9.17, 15) is 19.1 Å². The maximum absolute atomic E-state index is 13.7. The first-order chi connectivity index (χ1) is 18.7. The predicted octanol–water partition coefficient (Wildman–Crippen LogP) is 1.36. The monoisotopic (exact) mass is 573 g/mol. The average molecular weight is 574 g/mol. The van der Waals surface area contributed by atoms with E-state index >= 15 is 0 Å². The zero-order valence-corrected chi connectivity index (χ0v) is 25.3. The molecule has 2 aromatic carbocycles. The van der Waals surface area contributed by atoms with Crippen molar-refractivity contribution < 1.29 is 54.8 Å². The molecule has 3 heterocycles. The molecule has 204 valence electrons. The Morgan fingerprint density at radius 1 is 1.10 bits per heavy atom. The number of rotatable bonds is 9. The molecule has 1 aliphatic rings. The van der Waals surface area contributed by atoms with Gasteiger partial charge in [0.2, 0.25) is 5.82 Å². The van der Waals surface area contributed by atoms with Gasteiger partial charge in [-0.15, -0.1) is 10.2 Å². The minimum atomic E-state index is -4.90. The standard InChI is InChI=1S/C26H28N7O5P.Na.H/c1-3-4-5-24-32(26(34)21-14-17(2)6-11-23(21)33(24)38-39(35,36)37)16-18-7-9-19(10-8-18)20-12-13-27-15-22(20)25-28-30-31-29-25;;/h6-15,24H,3-5,16H2,1-2H3,(H2,35,36,37)(H,28,29,30,31);;/q;+1;-1. The fourth-order valence-electron chi connectivity index (χ4n) is 4.73. The van der Waals surface area contributed by atoms with Crippen LogP contribution in [-0.4, -0.2) is 52.4 Å². The van der Waals surface area contributed by atoms with Crippen LogP contribution in [0.25, 0.3) is 22.5 Å². The van der Waals surface area contributed by atoms with Gasteiger partial charge in [-0.2, -0.15) is 9.84 Å². The van der Waals surface area contributed by atoms with Crippen LogP contribution in [0.4, 0.5) is 5.69 Å². The van der Waals surface area contributed by atoms with E-state index in [1.807, 2.05) is 44.2 Å². The van der Waals surface area contributed by atoms with Crippen molar-refractivity contribution in [3.05, 3.63) is 77.6 Å². The number of hydroxylamine groups is 1.